The highest BCUT2D eigenvalue weighted by molar-refractivity contribution is 7.91. The van der Waals surface area contributed by atoms with Gasteiger partial charge in [-0.25, -0.2) is 8.42 Å². The molecular formula is C32H30N2O4S. The highest BCUT2D eigenvalue weighted by atomic mass is 32.2. The van der Waals surface area contributed by atoms with Crippen molar-refractivity contribution in [2.75, 3.05) is 12.4 Å². The minimum absolute atomic E-state index is 0.0833. The lowest BCUT2D eigenvalue weighted by molar-refractivity contribution is 0.0961. The van der Waals surface area contributed by atoms with Crippen molar-refractivity contribution in [1.82, 2.24) is 5.32 Å². The summed E-state index contributed by atoms with van der Waals surface area (Å²) >= 11 is 0. The fourth-order valence-electron chi connectivity index (χ4n) is 4.51. The standard InChI is InChI=1S/C32H30N2O4S/c1-19-9-7-11-25(17-19)39(37,38)26-12-8-10-24(18-26)34-32(36)30-16-14-28(21(3)23(30)5)27-13-15-29(31(35)33-6)22(4)20(27)2/h7-18H,3,5H2,1-2,4,6H3,(H,33,35)(H,34,36). The van der Waals surface area contributed by atoms with Crippen molar-refractivity contribution in [3.05, 3.63) is 111 Å². The van der Waals surface area contributed by atoms with Gasteiger partial charge in [0, 0.05) is 23.9 Å². The van der Waals surface area contributed by atoms with Gasteiger partial charge in [0.05, 0.1) is 9.79 Å². The second-order valence-corrected chi connectivity index (χ2v) is 11.4. The van der Waals surface area contributed by atoms with Gasteiger partial charge in [-0.2, -0.15) is 0 Å². The Hall–Kier alpha value is -4.49. The summed E-state index contributed by atoms with van der Waals surface area (Å²) < 4.78 is 26.3. The lowest BCUT2D eigenvalue weighted by Crippen LogP contribution is -2.32. The van der Waals surface area contributed by atoms with Crippen molar-refractivity contribution in [3.63, 3.8) is 0 Å². The van der Waals surface area contributed by atoms with E-state index in [1.807, 2.05) is 39.0 Å². The molecule has 0 aliphatic heterocycles. The number of benzene rings is 4. The molecule has 0 atom stereocenters. The summed E-state index contributed by atoms with van der Waals surface area (Å²) in [6.45, 7) is 13.9. The number of anilines is 1. The molecule has 0 fully saturated rings. The fourth-order valence-corrected chi connectivity index (χ4v) is 5.92. The van der Waals surface area contributed by atoms with E-state index in [1.54, 1.807) is 49.5 Å². The lowest BCUT2D eigenvalue weighted by Gasteiger charge is -2.15. The second kappa shape index (κ2) is 10.7. The Morgan fingerprint density at radius 2 is 1.31 bits per heavy atom. The molecule has 2 N–H and O–H groups in total. The van der Waals surface area contributed by atoms with E-state index in [9.17, 15) is 18.0 Å². The first-order valence-corrected chi connectivity index (χ1v) is 13.8. The number of rotatable bonds is 6. The van der Waals surface area contributed by atoms with Crippen molar-refractivity contribution in [3.8, 4) is 11.1 Å². The molecule has 0 spiro atoms. The minimum Gasteiger partial charge on any atom is -0.355 e. The van der Waals surface area contributed by atoms with E-state index < -0.39 is 15.7 Å². The summed E-state index contributed by atoms with van der Waals surface area (Å²) in [6.07, 6.45) is 0. The van der Waals surface area contributed by atoms with Crippen molar-refractivity contribution in [2.24, 2.45) is 0 Å². The monoisotopic (exact) mass is 538 g/mol. The molecule has 4 rings (SSSR count). The molecule has 0 unspecified atom stereocenters. The van der Waals surface area contributed by atoms with E-state index in [-0.39, 0.29) is 15.7 Å². The van der Waals surface area contributed by atoms with Crippen molar-refractivity contribution < 1.29 is 18.0 Å². The summed E-state index contributed by atoms with van der Waals surface area (Å²) in [5, 5.41) is 6.49. The smallest absolute Gasteiger partial charge is 0.256 e. The molecule has 4 aromatic rings. The highest BCUT2D eigenvalue weighted by Gasteiger charge is 2.19. The van der Waals surface area contributed by atoms with Gasteiger partial charge in [-0.3, -0.25) is 9.59 Å². The number of hydrogen-bond donors (Lipinski definition) is 2. The first-order valence-electron chi connectivity index (χ1n) is 12.3. The molecule has 6 nitrogen and oxygen atoms in total. The van der Waals surface area contributed by atoms with Crippen molar-refractivity contribution >= 4 is 40.5 Å². The molecule has 0 bridgehead atoms. The Kier molecular flexibility index (Phi) is 7.56. The Morgan fingerprint density at radius 3 is 1.97 bits per heavy atom. The van der Waals surface area contributed by atoms with Gasteiger partial charge < -0.3 is 10.6 Å². The van der Waals surface area contributed by atoms with Crippen LogP contribution in [0.1, 0.15) is 37.4 Å². The van der Waals surface area contributed by atoms with Crippen LogP contribution in [0.15, 0.2) is 82.6 Å². The molecule has 4 aromatic carbocycles. The summed E-state index contributed by atoms with van der Waals surface area (Å²) in [5.41, 5.74) is 5.61. The van der Waals surface area contributed by atoms with E-state index in [0.717, 1.165) is 27.8 Å². The Balaban J connectivity index is 1.65. The molecule has 2 amide bonds. The summed E-state index contributed by atoms with van der Waals surface area (Å²) in [4.78, 5) is 25.7. The van der Waals surface area contributed by atoms with Gasteiger partial charge in [-0.15, -0.1) is 0 Å². The number of carbonyl (C=O) groups is 2. The van der Waals surface area contributed by atoms with Crippen LogP contribution in [0.2, 0.25) is 0 Å². The van der Waals surface area contributed by atoms with Crippen LogP contribution in [-0.4, -0.2) is 27.3 Å². The fraction of sp³-hybridized carbons (Fsp3) is 0.125. The topological polar surface area (TPSA) is 92.3 Å². The van der Waals surface area contributed by atoms with Crippen LogP contribution in [0, 0.1) is 20.8 Å². The molecule has 198 valence electrons. The van der Waals surface area contributed by atoms with Crippen LogP contribution in [0.25, 0.3) is 24.3 Å². The molecule has 39 heavy (non-hydrogen) atoms. The van der Waals surface area contributed by atoms with Gasteiger partial charge in [0.15, 0.2) is 0 Å². The van der Waals surface area contributed by atoms with Crippen molar-refractivity contribution in [2.45, 2.75) is 30.6 Å². The lowest BCUT2D eigenvalue weighted by atomic mass is 9.91. The van der Waals surface area contributed by atoms with E-state index in [4.69, 9.17) is 0 Å². The minimum atomic E-state index is -3.75. The van der Waals surface area contributed by atoms with E-state index in [1.165, 1.54) is 12.1 Å². The second-order valence-electron chi connectivity index (χ2n) is 9.41. The number of nitrogens with one attached hydrogen (secondary N) is 2. The number of carbonyl (C=O) groups excluding carboxylic acids is 2. The zero-order chi connectivity index (χ0) is 28.5. The highest BCUT2D eigenvalue weighted by Crippen LogP contribution is 2.26. The first kappa shape index (κ1) is 27.5. The molecule has 7 heteroatoms. The van der Waals surface area contributed by atoms with Gasteiger partial charge in [0.1, 0.15) is 0 Å². The summed E-state index contributed by atoms with van der Waals surface area (Å²) in [7, 11) is -2.16. The van der Waals surface area contributed by atoms with Crippen molar-refractivity contribution in [1.29, 1.82) is 0 Å². The molecule has 0 aromatic heterocycles. The Bertz CT molecular complexity index is 1840. The molecule has 0 saturated heterocycles. The maximum atomic E-state index is 13.2. The first-order chi connectivity index (χ1) is 18.4. The summed E-state index contributed by atoms with van der Waals surface area (Å²) in [6, 6.07) is 20.0. The maximum absolute atomic E-state index is 13.2. The van der Waals surface area contributed by atoms with E-state index in [0.29, 0.717) is 27.3 Å². The molecule has 0 saturated carbocycles. The zero-order valence-corrected chi connectivity index (χ0v) is 23.2. The normalized spacial score (nSPS) is 11.2. The van der Waals surface area contributed by atoms with Crippen LogP contribution >= 0.6 is 0 Å². The Morgan fingerprint density at radius 1 is 0.692 bits per heavy atom. The third-order valence-corrected chi connectivity index (χ3v) is 8.68. The molecule has 0 aliphatic carbocycles. The average Bonchev–Trinajstić information content (AvgIpc) is 2.91. The third kappa shape index (κ3) is 5.26. The number of aryl methyl sites for hydroxylation is 1. The largest absolute Gasteiger partial charge is 0.355 e. The Labute approximate surface area is 228 Å². The number of amides is 2. The van der Waals surface area contributed by atoms with E-state index in [2.05, 4.69) is 23.8 Å². The quantitative estimate of drug-likeness (QED) is 0.377. The van der Waals surface area contributed by atoms with Gasteiger partial charge in [-0.1, -0.05) is 43.5 Å². The van der Waals surface area contributed by atoms with Crippen LogP contribution in [0.3, 0.4) is 0 Å². The van der Waals surface area contributed by atoms with Crippen LogP contribution in [-0.2, 0) is 9.84 Å². The van der Waals surface area contributed by atoms with Crippen LogP contribution < -0.4 is 21.1 Å². The molecule has 0 radical (unpaired) electrons. The number of sulfone groups is 1. The third-order valence-electron chi connectivity index (χ3n) is 6.93. The van der Waals surface area contributed by atoms with Gasteiger partial charge >= 0.3 is 0 Å². The maximum Gasteiger partial charge on any atom is 0.256 e. The average molecular weight is 539 g/mol. The molecular weight excluding hydrogens is 508 g/mol. The van der Waals surface area contributed by atoms with Gasteiger partial charge in [-0.05, 0) is 101 Å². The molecule has 0 aliphatic rings. The number of hydrogen-bond acceptors (Lipinski definition) is 4. The zero-order valence-electron chi connectivity index (χ0n) is 22.4. The predicted molar refractivity (Wildman–Crippen MR) is 156 cm³/mol. The van der Waals surface area contributed by atoms with Crippen LogP contribution in [0.5, 0.6) is 0 Å². The van der Waals surface area contributed by atoms with Gasteiger partial charge in [0.2, 0.25) is 9.84 Å². The summed E-state index contributed by atoms with van der Waals surface area (Å²) in [5.74, 6) is -0.581. The van der Waals surface area contributed by atoms with E-state index >= 15 is 0 Å². The van der Waals surface area contributed by atoms with Gasteiger partial charge in [0.25, 0.3) is 11.8 Å². The molecule has 0 heterocycles. The van der Waals surface area contributed by atoms with Crippen LogP contribution in [0.4, 0.5) is 5.69 Å². The predicted octanol–water partition coefficient (Wildman–Crippen LogP) is 4.54. The SMILES string of the molecule is C=c1c(C(=O)Nc2cccc(S(=O)(=O)c3cccc(C)c3)c2)ccc(-c2ccc(C(=O)NC)c(C)c2C)c1=C.